The van der Waals surface area contributed by atoms with E-state index in [4.69, 9.17) is 23.2 Å². The van der Waals surface area contributed by atoms with Crippen molar-refractivity contribution in [2.45, 2.75) is 0 Å². The lowest BCUT2D eigenvalue weighted by Crippen LogP contribution is -3.10. The van der Waals surface area contributed by atoms with Crippen LogP contribution in [0.25, 0.3) is 0 Å². The van der Waals surface area contributed by atoms with Crippen molar-refractivity contribution in [3.05, 3.63) is 48.5 Å². The molecule has 2 fully saturated rings. The molecule has 0 unspecified atom stereocenters. The molecule has 0 spiro atoms. The molecule has 2 aliphatic heterocycles. The molecule has 4 rings (SSSR count). The largest absolute Gasteiger partial charge is 0.368 e. The molecule has 2 aliphatic rings. The van der Waals surface area contributed by atoms with Gasteiger partial charge < -0.3 is 14.7 Å². The zero-order chi connectivity index (χ0) is 23.9. The number of benzene rings is 2. The van der Waals surface area contributed by atoms with Gasteiger partial charge in [-0.25, -0.2) is 0 Å². The number of alkyl halides is 2. The third-order valence-corrected chi connectivity index (χ3v) is 6.81. The topological polar surface area (TPSA) is 73.0 Å². The van der Waals surface area contributed by atoms with E-state index >= 15 is 0 Å². The van der Waals surface area contributed by atoms with Crippen molar-refractivity contribution in [3.8, 4) is 0 Å². The first-order chi connectivity index (χ1) is 16.6. The molecule has 10 heteroatoms. The zero-order valence-corrected chi connectivity index (χ0v) is 20.5. The van der Waals surface area contributed by atoms with Crippen LogP contribution in [0.3, 0.4) is 0 Å². The van der Waals surface area contributed by atoms with Gasteiger partial charge in [0.15, 0.2) is 0 Å². The van der Waals surface area contributed by atoms with Crippen LogP contribution in [0, 0.1) is 0 Å². The van der Waals surface area contributed by atoms with E-state index in [0.717, 1.165) is 56.3 Å². The molecule has 2 heterocycles. The Bertz CT molecular complexity index is 918. The summed E-state index contributed by atoms with van der Waals surface area (Å²) in [6.07, 6.45) is 0. The van der Waals surface area contributed by atoms with E-state index in [9.17, 15) is 9.59 Å². The summed E-state index contributed by atoms with van der Waals surface area (Å²) in [4.78, 5) is 30.7. The van der Waals surface area contributed by atoms with Crippen LogP contribution in [0.4, 0.5) is 22.7 Å². The van der Waals surface area contributed by atoms with Gasteiger partial charge in [-0.1, -0.05) is 0 Å². The van der Waals surface area contributed by atoms with E-state index in [-0.39, 0.29) is 23.6 Å². The lowest BCUT2D eigenvalue weighted by Gasteiger charge is -2.35. The number of carbonyl (C=O) groups excluding carboxylic acids is 2. The predicted molar refractivity (Wildman–Crippen MR) is 134 cm³/mol. The molecular formula is C24H29Cl2N6O2+. The quantitative estimate of drug-likeness (QED) is 0.486. The zero-order valence-electron chi connectivity index (χ0n) is 19.0. The Labute approximate surface area is 209 Å². The van der Waals surface area contributed by atoms with E-state index in [1.54, 1.807) is 4.90 Å². The number of amides is 2. The Morgan fingerprint density at radius 1 is 0.706 bits per heavy atom. The van der Waals surface area contributed by atoms with Gasteiger partial charge in [0.05, 0.1) is 37.6 Å². The van der Waals surface area contributed by atoms with Gasteiger partial charge in [0, 0.05) is 44.0 Å². The maximum Gasteiger partial charge on any atom is 0.237 e. The molecule has 180 valence electrons. The summed E-state index contributed by atoms with van der Waals surface area (Å²) in [5.74, 6) is 0.0858. The molecule has 34 heavy (non-hydrogen) atoms. The number of quaternary nitrogens is 1. The highest BCUT2D eigenvalue weighted by Gasteiger charge is 2.24. The minimum absolute atomic E-state index is 0.00540. The SMILES string of the molecule is O=C(CCl)N1CCN(c2ccc(N=Nc3ccc([NH+]4CCN(C(=O)CCl)CC4)cc3)cc2)CC1. The number of hydrogen-bond donors (Lipinski definition) is 1. The van der Waals surface area contributed by atoms with Crippen molar-refractivity contribution in [1.29, 1.82) is 0 Å². The summed E-state index contributed by atoms with van der Waals surface area (Å²) < 4.78 is 0. The number of rotatable bonds is 6. The van der Waals surface area contributed by atoms with Crippen molar-refractivity contribution in [1.82, 2.24) is 9.80 Å². The van der Waals surface area contributed by atoms with Gasteiger partial charge >= 0.3 is 0 Å². The number of carbonyl (C=O) groups is 2. The highest BCUT2D eigenvalue weighted by atomic mass is 35.5. The second-order valence-corrected chi connectivity index (χ2v) is 8.92. The van der Waals surface area contributed by atoms with E-state index in [1.807, 2.05) is 41.3 Å². The van der Waals surface area contributed by atoms with Crippen molar-refractivity contribution in [2.24, 2.45) is 10.2 Å². The fraction of sp³-hybridized carbons (Fsp3) is 0.417. The van der Waals surface area contributed by atoms with Crippen LogP contribution in [0.5, 0.6) is 0 Å². The summed E-state index contributed by atoms with van der Waals surface area (Å²) >= 11 is 11.3. The molecule has 0 radical (unpaired) electrons. The van der Waals surface area contributed by atoms with E-state index in [1.165, 1.54) is 10.6 Å². The van der Waals surface area contributed by atoms with Crippen LogP contribution < -0.4 is 9.80 Å². The van der Waals surface area contributed by atoms with E-state index in [2.05, 4.69) is 27.3 Å². The first kappa shape index (κ1) is 24.4. The number of azo groups is 1. The summed E-state index contributed by atoms with van der Waals surface area (Å²) in [5, 5.41) is 8.73. The Hall–Kier alpha value is -2.68. The molecular weight excluding hydrogens is 475 g/mol. The van der Waals surface area contributed by atoms with Gasteiger partial charge in [-0.3, -0.25) is 14.5 Å². The average Bonchev–Trinajstić information content (AvgIpc) is 2.92. The minimum atomic E-state index is -0.00663. The number of nitrogens with one attached hydrogen (secondary N) is 1. The van der Waals surface area contributed by atoms with Crippen LogP contribution in [-0.2, 0) is 9.59 Å². The van der Waals surface area contributed by atoms with Crippen LogP contribution in [-0.4, -0.2) is 85.7 Å². The molecule has 2 amide bonds. The third kappa shape index (κ3) is 6.05. The smallest absolute Gasteiger partial charge is 0.237 e. The van der Waals surface area contributed by atoms with Crippen molar-refractivity contribution in [2.75, 3.05) is 69.0 Å². The van der Waals surface area contributed by atoms with Gasteiger partial charge in [-0.2, -0.15) is 10.2 Å². The van der Waals surface area contributed by atoms with Crippen molar-refractivity contribution < 1.29 is 14.5 Å². The maximum absolute atomic E-state index is 11.7. The molecule has 2 aromatic carbocycles. The number of hydrogen-bond acceptors (Lipinski definition) is 5. The maximum atomic E-state index is 11.7. The highest BCUT2D eigenvalue weighted by molar-refractivity contribution is 6.27. The van der Waals surface area contributed by atoms with Gasteiger partial charge in [0.25, 0.3) is 0 Å². The van der Waals surface area contributed by atoms with Crippen LogP contribution >= 0.6 is 23.2 Å². The molecule has 8 nitrogen and oxygen atoms in total. The number of nitrogens with zero attached hydrogens (tertiary/aromatic N) is 5. The van der Waals surface area contributed by atoms with Crippen LogP contribution in [0.2, 0.25) is 0 Å². The average molecular weight is 504 g/mol. The van der Waals surface area contributed by atoms with E-state index in [0.29, 0.717) is 13.1 Å². The summed E-state index contributed by atoms with van der Waals surface area (Å²) in [7, 11) is 0. The highest BCUT2D eigenvalue weighted by Crippen LogP contribution is 2.23. The lowest BCUT2D eigenvalue weighted by atomic mass is 10.2. The molecule has 2 aromatic rings. The molecule has 0 aliphatic carbocycles. The Morgan fingerprint density at radius 2 is 1.18 bits per heavy atom. The minimum Gasteiger partial charge on any atom is -0.368 e. The monoisotopic (exact) mass is 503 g/mol. The molecule has 2 saturated heterocycles. The second kappa shape index (κ2) is 11.6. The Balaban J connectivity index is 1.29. The molecule has 0 saturated carbocycles. The molecule has 0 atom stereocenters. The molecule has 0 bridgehead atoms. The van der Waals surface area contributed by atoms with Crippen LogP contribution in [0.15, 0.2) is 58.8 Å². The molecule has 1 N–H and O–H groups in total. The summed E-state index contributed by atoms with van der Waals surface area (Å²) in [6, 6.07) is 16.1. The van der Waals surface area contributed by atoms with Gasteiger partial charge in [0.2, 0.25) is 11.8 Å². The van der Waals surface area contributed by atoms with Crippen molar-refractivity contribution in [3.63, 3.8) is 0 Å². The fourth-order valence-electron chi connectivity index (χ4n) is 4.31. The Morgan fingerprint density at radius 3 is 1.68 bits per heavy atom. The standard InChI is InChI=1S/C24H28Cl2N6O2/c25-17-23(33)31-13-9-29(10-14-31)21-5-1-19(2-6-21)27-28-20-3-7-22(8-4-20)30-11-15-32(16-12-30)24(34)18-26/h1-8H,9-18H2/p+1. The first-order valence-electron chi connectivity index (χ1n) is 11.5. The Kier molecular flexibility index (Phi) is 8.37. The van der Waals surface area contributed by atoms with Gasteiger partial charge in [0.1, 0.15) is 17.4 Å². The fourth-order valence-corrected chi connectivity index (χ4v) is 4.65. The van der Waals surface area contributed by atoms with Crippen LogP contribution in [0.1, 0.15) is 0 Å². The number of halogens is 2. The first-order valence-corrected chi connectivity index (χ1v) is 12.5. The number of piperazine rings is 2. The third-order valence-electron chi connectivity index (χ3n) is 6.35. The second-order valence-electron chi connectivity index (χ2n) is 8.38. The normalized spacial score (nSPS) is 17.4. The van der Waals surface area contributed by atoms with Gasteiger partial charge in [-0.05, 0) is 36.4 Å². The lowest BCUT2D eigenvalue weighted by molar-refractivity contribution is -0.837. The van der Waals surface area contributed by atoms with Crippen molar-refractivity contribution >= 4 is 57.8 Å². The predicted octanol–water partition coefficient (Wildman–Crippen LogP) is 2.59. The van der Waals surface area contributed by atoms with E-state index < -0.39 is 0 Å². The number of anilines is 1. The molecule has 0 aromatic heterocycles. The summed E-state index contributed by atoms with van der Waals surface area (Å²) in [6.45, 7) is 6.13. The van der Waals surface area contributed by atoms with Gasteiger partial charge in [-0.15, -0.1) is 23.2 Å². The summed E-state index contributed by atoms with van der Waals surface area (Å²) in [5.41, 5.74) is 3.88.